The van der Waals surface area contributed by atoms with Gasteiger partial charge >= 0.3 is 0 Å². The first kappa shape index (κ1) is 9.52. The third-order valence-corrected chi connectivity index (χ3v) is 2.32. The Labute approximate surface area is 89.0 Å². The lowest BCUT2D eigenvalue weighted by Crippen LogP contribution is -1.96. The van der Waals surface area contributed by atoms with Gasteiger partial charge in [0.05, 0.1) is 11.9 Å². The van der Waals surface area contributed by atoms with Crippen LogP contribution < -0.4 is 11.1 Å². The Morgan fingerprint density at radius 2 is 2.07 bits per heavy atom. The zero-order valence-corrected chi connectivity index (χ0v) is 8.57. The van der Waals surface area contributed by atoms with E-state index in [1.165, 1.54) is 0 Å². The summed E-state index contributed by atoms with van der Waals surface area (Å²) in [5.74, 6) is 0. The molecule has 1 aromatic heterocycles. The van der Waals surface area contributed by atoms with Crippen molar-refractivity contribution >= 4 is 17.1 Å². The van der Waals surface area contributed by atoms with E-state index in [0.717, 1.165) is 22.6 Å². The van der Waals surface area contributed by atoms with E-state index >= 15 is 0 Å². The summed E-state index contributed by atoms with van der Waals surface area (Å²) in [7, 11) is 0. The van der Waals surface area contributed by atoms with Crippen LogP contribution in [0.15, 0.2) is 42.7 Å². The van der Waals surface area contributed by atoms with E-state index in [9.17, 15) is 0 Å². The molecule has 76 valence electrons. The molecule has 3 heteroatoms. The molecule has 0 aliphatic carbocycles. The van der Waals surface area contributed by atoms with Crippen molar-refractivity contribution in [2.24, 2.45) is 0 Å². The lowest BCUT2D eigenvalue weighted by Gasteiger charge is -2.10. The van der Waals surface area contributed by atoms with E-state index in [0.29, 0.717) is 0 Å². The summed E-state index contributed by atoms with van der Waals surface area (Å²) in [6.45, 7) is 1.99. The zero-order valence-electron chi connectivity index (χ0n) is 8.57. The van der Waals surface area contributed by atoms with Gasteiger partial charge in [0, 0.05) is 17.6 Å². The molecule has 0 radical (unpaired) electrons. The van der Waals surface area contributed by atoms with Crippen LogP contribution in [0.3, 0.4) is 0 Å². The molecule has 0 aliphatic rings. The van der Waals surface area contributed by atoms with Gasteiger partial charge in [0.2, 0.25) is 0 Å². The summed E-state index contributed by atoms with van der Waals surface area (Å²) in [4.78, 5) is 4.04. The Balaban J connectivity index is 2.29. The van der Waals surface area contributed by atoms with Crippen molar-refractivity contribution in [2.45, 2.75) is 6.92 Å². The third kappa shape index (κ3) is 2.07. The predicted molar refractivity (Wildman–Crippen MR) is 63.1 cm³/mol. The fourth-order valence-electron chi connectivity index (χ4n) is 1.38. The number of nitrogens with one attached hydrogen (secondary N) is 1. The molecule has 0 fully saturated rings. The SMILES string of the molecule is Cc1c(N)cccc1Nc1cccnc1. The molecule has 15 heavy (non-hydrogen) atoms. The molecule has 0 unspecified atom stereocenters. The van der Waals surface area contributed by atoms with Crippen LogP contribution in [0.4, 0.5) is 17.1 Å². The second-order valence-corrected chi connectivity index (χ2v) is 3.39. The molecule has 0 atom stereocenters. The Morgan fingerprint density at radius 1 is 1.20 bits per heavy atom. The molecule has 2 aromatic rings. The lowest BCUT2D eigenvalue weighted by molar-refractivity contribution is 1.32. The van der Waals surface area contributed by atoms with E-state index in [1.807, 2.05) is 37.3 Å². The first-order valence-electron chi connectivity index (χ1n) is 4.79. The number of hydrogen-bond acceptors (Lipinski definition) is 3. The van der Waals surface area contributed by atoms with Gasteiger partial charge in [0.1, 0.15) is 0 Å². The number of nitrogens with two attached hydrogens (primary N) is 1. The summed E-state index contributed by atoms with van der Waals surface area (Å²) in [6, 6.07) is 9.68. The van der Waals surface area contributed by atoms with Gasteiger partial charge in [-0.15, -0.1) is 0 Å². The molecule has 3 nitrogen and oxygen atoms in total. The Kier molecular flexibility index (Phi) is 2.54. The number of hydrogen-bond donors (Lipinski definition) is 2. The van der Waals surface area contributed by atoms with E-state index in [-0.39, 0.29) is 0 Å². The molecular formula is C12H13N3. The Bertz CT molecular complexity index is 452. The Hall–Kier alpha value is -2.03. The van der Waals surface area contributed by atoms with Gasteiger partial charge in [0.25, 0.3) is 0 Å². The van der Waals surface area contributed by atoms with Gasteiger partial charge in [0.15, 0.2) is 0 Å². The van der Waals surface area contributed by atoms with Gasteiger partial charge < -0.3 is 11.1 Å². The first-order valence-corrected chi connectivity index (χ1v) is 4.79. The second-order valence-electron chi connectivity index (χ2n) is 3.39. The standard InChI is InChI=1S/C12H13N3/c1-9-11(13)5-2-6-12(9)15-10-4-3-7-14-8-10/h2-8,15H,13H2,1H3. The number of pyridine rings is 1. The summed E-state index contributed by atoms with van der Waals surface area (Å²) in [5, 5.41) is 3.27. The van der Waals surface area contributed by atoms with Crippen LogP contribution in [0.5, 0.6) is 0 Å². The normalized spacial score (nSPS) is 9.93. The molecule has 0 amide bonds. The molecule has 0 saturated carbocycles. The molecular weight excluding hydrogens is 186 g/mol. The second kappa shape index (κ2) is 4.00. The summed E-state index contributed by atoms with van der Waals surface area (Å²) < 4.78 is 0. The fraction of sp³-hybridized carbons (Fsp3) is 0.0833. The molecule has 0 spiro atoms. The maximum absolute atomic E-state index is 5.82. The van der Waals surface area contributed by atoms with Gasteiger partial charge in [-0.05, 0) is 36.8 Å². The van der Waals surface area contributed by atoms with Crippen molar-refractivity contribution in [3.8, 4) is 0 Å². The van der Waals surface area contributed by atoms with E-state index in [4.69, 9.17) is 5.73 Å². The topological polar surface area (TPSA) is 50.9 Å². The summed E-state index contributed by atoms with van der Waals surface area (Å²) in [5.41, 5.74) is 9.65. The van der Waals surface area contributed by atoms with E-state index < -0.39 is 0 Å². The molecule has 0 saturated heterocycles. The number of nitrogens with zero attached hydrogens (tertiary/aromatic N) is 1. The summed E-state index contributed by atoms with van der Waals surface area (Å²) >= 11 is 0. The van der Waals surface area contributed by atoms with Crippen LogP contribution in [0, 0.1) is 6.92 Å². The molecule has 1 aromatic carbocycles. The average Bonchev–Trinajstić information content (AvgIpc) is 2.26. The average molecular weight is 199 g/mol. The number of aromatic nitrogens is 1. The van der Waals surface area contributed by atoms with Crippen molar-refractivity contribution in [3.63, 3.8) is 0 Å². The van der Waals surface area contributed by atoms with Gasteiger partial charge in [-0.25, -0.2) is 0 Å². The highest BCUT2D eigenvalue weighted by Gasteiger charge is 2.00. The third-order valence-electron chi connectivity index (χ3n) is 2.32. The quantitative estimate of drug-likeness (QED) is 0.731. The largest absolute Gasteiger partial charge is 0.398 e. The van der Waals surface area contributed by atoms with Crippen LogP contribution in [0.25, 0.3) is 0 Å². The molecule has 3 N–H and O–H groups in total. The monoisotopic (exact) mass is 199 g/mol. The highest BCUT2D eigenvalue weighted by Crippen LogP contribution is 2.23. The van der Waals surface area contributed by atoms with E-state index in [1.54, 1.807) is 12.4 Å². The molecule has 2 rings (SSSR count). The van der Waals surface area contributed by atoms with Crippen LogP contribution in [0.1, 0.15) is 5.56 Å². The van der Waals surface area contributed by atoms with Crippen molar-refractivity contribution in [2.75, 3.05) is 11.1 Å². The minimum absolute atomic E-state index is 0.795. The smallest absolute Gasteiger partial charge is 0.0570 e. The zero-order chi connectivity index (χ0) is 10.7. The van der Waals surface area contributed by atoms with Gasteiger partial charge in [-0.1, -0.05) is 6.07 Å². The maximum atomic E-state index is 5.82. The minimum atomic E-state index is 0.795. The number of benzene rings is 1. The summed E-state index contributed by atoms with van der Waals surface area (Å²) in [6.07, 6.45) is 3.53. The number of nitrogen functional groups attached to an aromatic ring is 1. The highest BCUT2D eigenvalue weighted by molar-refractivity contribution is 5.68. The van der Waals surface area contributed by atoms with Crippen LogP contribution in [-0.2, 0) is 0 Å². The predicted octanol–water partition coefficient (Wildman–Crippen LogP) is 2.72. The first-order chi connectivity index (χ1) is 7.27. The van der Waals surface area contributed by atoms with E-state index in [2.05, 4.69) is 10.3 Å². The number of rotatable bonds is 2. The fourth-order valence-corrected chi connectivity index (χ4v) is 1.38. The Morgan fingerprint density at radius 3 is 2.80 bits per heavy atom. The van der Waals surface area contributed by atoms with Crippen molar-refractivity contribution in [3.05, 3.63) is 48.3 Å². The van der Waals surface area contributed by atoms with Crippen molar-refractivity contribution in [1.29, 1.82) is 0 Å². The molecule has 0 bridgehead atoms. The van der Waals surface area contributed by atoms with Crippen LogP contribution in [0.2, 0.25) is 0 Å². The molecule has 1 heterocycles. The number of anilines is 3. The van der Waals surface area contributed by atoms with Gasteiger partial charge in [-0.2, -0.15) is 0 Å². The minimum Gasteiger partial charge on any atom is -0.398 e. The highest BCUT2D eigenvalue weighted by atomic mass is 14.9. The van der Waals surface area contributed by atoms with Crippen LogP contribution >= 0.6 is 0 Å². The lowest BCUT2D eigenvalue weighted by atomic mass is 10.1. The van der Waals surface area contributed by atoms with Crippen LogP contribution in [-0.4, -0.2) is 4.98 Å². The van der Waals surface area contributed by atoms with Crippen molar-refractivity contribution < 1.29 is 0 Å². The van der Waals surface area contributed by atoms with Gasteiger partial charge in [-0.3, -0.25) is 4.98 Å². The molecule has 0 aliphatic heterocycles. The van der Waals surface area contributed by atoms with Crippen molar-refractivity contribution in [1.82, 2.24) is 4.98 Å². The maximum Gasteiger partial charge on any atom is 0.0570 e.